The Balaban J connectivity index is 2.66. The summed E-state index contributed by atoms with van der Waals surface area (Å²) < 4.78 is 2.31. The van der Waals surface area contributed by atoms with Crippen LogP contribution in [-0.2, 0) is 6.42 Å². The molecule has 0 aliphatic carbocycles. The maximum atomic E-state index is 11.4. The zero-order valence-corrected chi connectivity index (χ0v) is 8.78. The third-order valence-corrected chi connectivity index (χ3v) is 2.51. The largest absolute Gasteiger partial charge is 0.396 e. The van der Waals surface area contributed by atoms with Crippen molar-refractivity contribution in [2.75, 3.05) is 6.61 Å². The summed E-state index contributed by atoms with van der Waals surface area (Å²) in [5, 5.41) is 12.7. The average molecular weight is 258 g/mol. The predicted octanol–water partition coefficient (Wildman–Crippen LogP) is 0.320. The molecule has 0 bridgehead atoms. The SMILES string of the molecule is O=c1[nH]c2c(Br)cnn2cc1CCO. The number of aliphatic hydroxyl groups excluding tert-OH is 1. The predicted molar refractivity (Wildman–Crippen MR) is 54.3 cm³/mol. The minimum absolute atomic E-state index is 0.0446. The topological polar surface area (TPSA) is 70.4 Å². The smallest absolute Gasteiger partial charge is 0.254 e. The van der Waals surface area contributed by atoms with Crippen LogP contribution < -0.4 is 5.56 Å². The van der Waals surface area contributed by atoms with Gasteiger partial charge in [0.05, 0.1) is 10.7 Å². The highest BCUT2D eigenvalue weighted by molar-refractivity contribution is 9.10. The highest BCUT2D eigenvalue weighted by Gasteiger charge is 2.05. The molecule has 0 fully saturated rings. The molecule has 0 amide bonds. The minimum Gasteiger partial charge on any atom is -0.396 e. The van der Waals surface area contributed by atoms with E-state index in [0.717, 1.165) is 4.47 Å². The summed E-state index contributed by atoms with van der Waals surface area (Å²) in [6, 6.07) is 0. The van der Waals surface area contributed by atoms with Gasteiger partial charge in [-0.1, -0.05) is 0 Å². The second-order valence-electron chi connectivity index (χ2n) is 2.87. The first-order valence-electron chi connectivity index (χ1n) is 4.08. The number of rotatable bonds is 2. The number of hydrogen-bond donors (Lipinski definition) is 2. The van der Waals surface area contributed by atoms with Crippen LogP contribution in [0, 0.1) is 0 Å². The molecule has 0 atom stereocenters. The van der Waals surface area contributed by atoms with Crippen molar-refractivity contribution >= 4 is 21.6 Å². The quantitative estimate of drug-likeness (QED) is 0.814. The van der Waals surface area contributed by atoms with Crippen molar-refractivity contribution in [3.63, 3.8) is 0 Å². The molecule has 0 aromatic carbocycles. The number of aromatic nitrogens is 3. The normalized spacial score (nSPS) is 11.0. The van der Waals surface area contributed by atoms with E-state index in [0.29, 0.717) is 17.6 Å². The van der Waals surface area contributed by atoms with Crippen LogP contribution in [0.3, 0.4) is 0 Å². The maximum Gasteiger partial charge on any atom is 0.254 e. The molecule has 0 aliphatic heterocycles. The van der Waals surface area contributed by atoms with Crippen LogP contribution in [-0.4, -0.2) is 26.3 Å². The van der Waals surface area contributed by atoms with Crippen LogP contribution in [0.2, 0.25) is 0 Å². The van der Waals surface area contributed by atoms with Gasteiger partial charge < -0.3 is 10.1 Å². The molecule has 0 spiro atoms. The molecule has 0 aliphatic rings. The first-order chi connectivity index (χ1) is 6.72. The van der Waals surface area contributed by atoms with Crippen LogP contribution >= 0.6 is 15.9 Å². The first kappa shape index (κ1) is 9.42. The Morgan fingerprint density at radius 3 is 3.14 bits per heavy atom. The van der Waals surface area contributed by atoms with Crippen LogP contribution in [0.15, 0.2) is 21.7 Å². The number of H-pyrrole nitrogens is 1. The molecule has 5 nitrogen and oxygen atoms in total. The molecule has 2 aromatic rings. The lowest BCUT2D eigenvalue weighted by Gasteiger charge is -1.98. The molecule has 14 heavy (non-hydrogen) atoms. The molecule has 0 unspecified atom stereocenters. The monoisotopic (exact) mass is 257 g/mol. The van der Waals surface area contributed by atoms with Gasteiger partial charge in [-0.3, -0.25) is 4.79 Å². The third-order valence-electron chi connectivity index (χ3n) is 1.93. The summed E-state index contributed by atoms with van der Waals surface area (Å²) in [6.07, 6.45) is 3.56. The third kappa shape index (κ3) is 1.46. The lowest BCUT2D eigenvalue weighted by Crippen LogP contribution is -2.16. The van der Waals surface area contributed by atoms with Gasteiger partial charge in [0.1, 0.15) is 5.65 Å². The lowest BCUT2D eigenvalue weighted by atomic mass is 10.2. The number of hydrogen-bond acceptors (Lipinski definition) is 3. The van der Waals surface area contributed by atoms with E-state index in [1.165, 1.54) is 0 Å². The summed E-state index contributed by atoms with van der Waals surface area (Å²) in [6.45, 7) is -0.0446. The van der Waals surface area contributed by atoms with E-state index < -0.39 is 0 Å². The molecule has 2 rings (SSSR count). The van der Waals surface area contributed by atoms with Gasteiger partial charge in [-0.25, -0.2) is 4.52 Å². The van der Waals surface area contributed by atoms with E-state index in [1.54, 1.807) is 16.9 Å². The Kier molecular flexibility index (Phi) is 2.39. The fourth-order valence-electron chi connectivity index (χ4n) is 1.25. The first-order valence-corrected chi connectivity index (χ1v) is 4.87. The summed E-state index contributed by atoms with van der Waals surface area (Å²) in [5.41, 5.74) is 0.958. The Morgan fingerprint density at radius 1 is 1.64 bits per heavy atom. The van der Waals surface area contributed by atoms with Crippen molar-refractivity contribution in [2.24, 2.45) is 0 Å². The van der Waals surface area contributed by atoms with Crippen molar-refractivity contribution in [1.29, 1.82) is 0 Å². The fourth-order valence-corrected chi connectivity index (χ4v) is 1.62. The maximum absolute atomic E-state index is 11.4. The Morgan fingerprint density at radius 2 is 2.43 bits per heavy atom. The molecule has 0 saturated carbocycles. The van der Waals surface area contributed by atoms with Crippen molar-refractivity contribution in [3.8, 4) is 0 Å². The van der Waals surface area contributed by atoms with Gasteiger partial charge in [0, 0.05) is 24.8 Å². The molecule has 6 heteroatoms. The Hall–Kier alpha value is -1.14. The molecule has 2 N–H and O–H groups in total. The molecule has 74 valence electrons. The lowest BCUT2D eigenvalue weighted by molar-refractivity contribution is 0.299. The zero-order valence-electron chi connectivity index (χ0n) is 7.20. The summed E-state index contributed by atoms with van der Waals surface area (Å²) in [4.78, 5) is 14.1. The van der Waals surface area contributed by atoms with E-state index in [9.17, 15) is 4.79 Å². The van der Waals surface area contributed by atoms with E-state index in [4.69, 9.17) is 5.11 Å². The van der Waals surface area contributed by atoms with Crippen LogP contribution in [0.25, 0.3) is 5.65 Å². The highest BCUT2D eigenvalue weighted by Crippen LogP contribution is 2.13. The summed E-state index contributed by atoms with van der Waals surface area (Å²) in [7, 11) is 0. The molecular weight excluding hydrogens is 250 g/mol. The number of aliphatic hydroxyl groups is 1. The van der Waals surface area contributed by atoms with Crippen LogP contribution in [0.5, 0.6) is 0 Å². The van der Waals surface area contributed by atoms with Crippen molar-refractivity contribution in [2.45, 2.75) is 6.42 Å². The molecule has 0 radical (unpaired) electrons. The molecule has 2 heterocycles. The summed E-state index contributed by atoms with van der Waals surface area (Å²) >= 11 is 3.26. The van der Waals surface area contributed by atoms with Gasteiger partial charge in [-0.05, 0) is 15.9 Å². The van der Waals surface area contributed by atoms with Gasteiger partial charge in [-0.2, -0.15) is 5.10 Å². The second-order valence-corrected chi connectivity index (χ2v) is 3.72. The van der Waals surface area contributed by atoms with E-state index in [1.807, 2.05) is 0 Å². The minimum atomic E-state index is -0.187. The van der Waals surface area contributed by atoms with Crippen molar-refractivity contribution < 1.29 is 5.11 Å². The van der Waals surface area contributed by atoms with E-state index in [2.05, 4.69) is 26.0 Å². The standard InChI is InChI=1S/C8H8BrN3O2/c9-6-3-10-12-4-5(1-2-13)8(14)11-7(6)12/h3-4,13H,1-2H2,(H,11,14). The molecule has 0 saturated heterocycles. The van der Waals surface area contributed by atoms with Gasteiger partial charge in [-0.15, -0.1) is 0 Å². The molecule has 2 aromatic heterocycles. The highest BCUT2D eigenvalue weighted by atomic mass is 79.9. The van der Waals surface area contributed by atoms with Gasteiger partial charge in [0.2, 0.25) is 0 Å². The van der Waals surface area contributed by atoms with Gasteiger partial charge in [0.15, 0.2) is 0 Å². The van der Waals surface area contributed by atoms with Gasteiger partial charge in [0.25, 0.3) is 5.56 Å². The van der Waals surface area contributed by atoms with Crippen molar-refractivity contribution in [3.05, 3.63) is 32.8 Å². The zero-order chi connectivity index (χ0) is 10.1. The summed E-state index contributed by atoms with van der Waals surface area (Å²) in [5.74, 6) is 0. The van der Waals surface area contributed by atoms with Crippen LogP contribution in [0.1, 0.15) is 5.56 Å². The van der Waals surface area contributed by atoms with E-state index in [-0.39, 0.29) is 12.2 Å². The van der Waals surface area contributed by atoms with E-state index >= 15 is 0 Å². The number of nitrogens with one attached hydrogen (secondary N) is 1. The number of aromatic amines is 1. The molecular formula is C8H8BrN3O2. The Labute approximate surface area is 87.5 Å². The number of fused-ring (bicyclic) bond motifs is 1. The average Bonchev–Trinajstić information content (AvgIpc) is 2.50. The Bertz CT molecular complexity index is 517. The van der Waals surface area contributed by atoms with Crippen molar-refractivity contribution in [1.82, 2.24) is 14.6 Å². The second kappa shape index (κ2) is 3.55. The van der Waals surface area contributed by atoms with Crippen LogP contribution in [0.4, 0.5) is 0 Å². The van der Waals surface area contributed by atoms with Gasteiger partial charge >= 0.3 is 0 Å². The number of nitrogens with zero attached hydrogens (tertiary/aromatic N) is 2. The number of halogens is 1. The fraction of sp³-hybridized carbons (Fsp3) is 0.250.